The van der Waals surface area contributed by atoms with Crippen molar-refractivity contribution >= 4 is 5.96 Å². The largest absolute Gasteiger partial charge is 0.416 e. The average Bonchev–Trinajstić information content (AvgIpc) is 3.10. The number of rotatable bonds is 4. The lowest BCUT2D eigenvalue weighted by Crippen LogP contribution is -2.48. The Morgan fingerprint density at radius 2 is 2.21 bits per heavy atom. The quantitative estimate of drug-likeness (QED) is 0.631. The molecule has 7 nitrogen and oxygen atoms in total. The fourth-order valence-corrected chi connectivity index (χ4v) is 3.01. The van der Waals surface area contributed by atoms with Crippen molar-refractivity contribution in [3.8, 4) is 0 Å². The van der Waals surface area contributed by atoms with Gasteiger partial charge in [-0.15, -0.1) is 0 Å². The van der Waals surface area contributed by atoms with Gasteiger partial charge in [-0.25, -0.2) is 0 Å². The Morgan fingerprint density at radius 1 is 1.39 bits per heavy atom. The van der Waals surface area contributed by atoms with E-state index in [1.807, 2.05) is 4.90 Å². The first-order valence-electron chi connectivity index (χ1n) is 8.90. The Labute approximate surface area is 160 Å². The number of aryl methyl sites for hydroxylation is 1. The SMILES string of the molecule is CN=C(NCCc1nc(C)no1)N1CCOC(c2cccc(C(F)(F)F)c2)C1. The third-order valence-electron chi connectivity index (χ3n) is 4.36. The molecule has 1 fully saturated rings. The summed E-state index contributed by atoms with van der Waals surface area (Å²) in [6.45, 7) is 3.68. The number of morpholine rings is 1. The van der Waals surface area contributed by atoms with Gasteiger partial charge in [0.25, 0.3) is 0 Å². The highest BCUT2D eigenvalue weighted by molar-refractivity contribution is 5.80. The van der Waals surface area contributed by atoms with Crippen LogP contribution in [0.25, 0.3) is 0 Å². The van der Waals surface area contributed by atoms with Gasteiger partial charge < -0.3 is 19.5 Å². The summed E-state index contributed by atoms with van der Waals surface area (Å²) in [4.78, 5) is 10.4. The van der Waals surface area contributed by atoms with E-state index >= 15 is 0 Å². The van der Waals surface area contributed by atoms with Crippen LogP contribution >= 0.6 is 0 Å². The van der Waals surface area contributed by atoms with E-state index in [1.165, 1.54) is 6.07 Å². The number of guanidine groups is 1. The Kier molecular flexibility index (Phi) is 6.18. The molecule has 3 rings (SSSR count). The van der Waals surface area contributed by atoms with Crippen LogP contribution in [0.1, 0.15) is 28.9 Å². The molecule has 1 atom stereocenters. The Hall–Kier alpha value is -2.62. The minimum Gasteiger partial charge on any atom is -0.370 e. The van der Waals surface area contributed by atoms with Gasteiger partial charge >= 0.3 is 6.18 Å². The van der Waals surface area contributed by atoms with Crippen LogP contribution in [-0.4, -0.2) is 54.3 Å². The van der Waals surface area contributed by atoms with Crippen molar-refractivity contribution in [3.63, 3.8) is 0 Å². The molecule has 0 aliphatic carbocycles. The summed E-state index contributed by atoms with van der Waals surface area (Å²) in [5.41, 5.74) is -0.181. The fraction of sp³-hybridized carbons (Fsp3) is 0.500. The molecule has 1 unspecified atom stereocenters. The highest BCUT2D eigenvalue weighted by Crippen LogP contribution is 2.32. The molecule has 1 aliphatic heterocycles. The van der Waals surface area contributed by atoms with Gasteiger partial charge in [0.2, 0.25) is 5.89 Å². The minimum absolute atomic E-state index is 0.393. The molecule has 2 aromatic rings. The summed E-state index contributed by atoms with van der Waals surface area (Å²) in [5, 5.41) is 6.96. The van der Waals surface area contributed by atoms with Gasteiger partial charge in [-0.3, -0.25) is 4.99 Å². The molecule has 1 saturated heterocycles. The summed E-state index contributed by atoms with van der Waals surface area (Å²) in [6, 6.07) is 5.25. The molecule has 0 spiro atoms. The predicted octanol–water partition coefficient (Wildman–Crippen LogP) is 2.59. The molecule has 0 amide bonds. The van der Waals surface area contributed by atoms with E-state index in [1.54, 1.807) is 20.0 Å². The first-order chi connectivity index (χ1) is 13.4. The Morgan fingerprint density at radius 3 is 2.89 bits per heavy atom. The van der Waals surface area contributed by atoms with E-state index in [0.29, 0.717) is 55.9 Å². The number of ether oxygens (including phenoxy) is 1. The molecule has 0 saturated carbocycles. The average molecular weight is 397 g/mol. The summed E-state index contributed by atoms with van der Waals surface area (Å²) >= 11 is 0. The van der Waals surface area contributed by atoms with Crippen molar-refractivity contribution in [1.82, 2.24) is 20.4 Å². The maximum absolute atomic E-state index is 13.0. The lowest BCUT2D eigenvalue weighted by Gasteiger charge is -2.35. The van der Waals surface area contributed by atoms with Crippen LogP contribution in [0.2, 0.25) is 0 Å². The molecule has 10 heteroatoms. The zero-order chi connectivity index (χ0) is 20.1. The topological polar surface area (TPSA) is 75.8 Å². The van der Waals surface area contributed by atoms with E-state index in [4.69, 9.17) is 9.26 Å². The van der Waals surface area contributed by atoms with Gasteiger partial charge in [0.1, 0.15) is 6.10 Å². The van der Waals surface area contributed by atoms with E-state index in [2.05, 4.69) is 20.4 Å². The second kappa shape index (κ2) is 8.59. The zero-order valence-corrected chi connectivity index (χ0v) is 15.7. The number of halogens is 3. The van der Waals surface area contributed by atoms with Crippen LogP contribution in [0.5, 0.6) is 0 Å². The van der Waals surface area contributed by atoms with Crippen LogP contribution in [0.4, 0.5) is 13.2 Å². The highest BCUT2D eigenvalue weighted by atomic mass is 19.4. The molecule has 0 bridgehead atoms. The molecule has 1 aromatic heterocycles. The number of nitrogens with one attached hydrogen (secondary N) is 1. The van der Waals surface area contributed by atoms with Gasteiger partial charge in [-0.05, 0) is 24.6 Å². The number of benzene rings is 1. The van der Waals surface area contributed by atoms with E-state index in [9.17, 15) is 13.2 Å². The Bertz CT molecular complexity index is 822. The number of aromatic nitrogens is 2. The summed E-state index contributed by atoms with van der Waals surface area (Å²) in [7, 11) is 1.66. The first kappa shape index (κ1) is 20.1. The molecule has 2 heterocycles. The van der Waals surface area contributed by atoms with Gasteiger partial charge in [0.05, 0.1) is 18.7 Å². The van der Waals surface area contributed by atoms with Crippen LogP contribution < -0.4 is 5.32 Å². The first-order valence-corrected chi connectivity index (χ1v) is 8.90. The van der Waals surface area contributed by atoms with Crippen LogP contribution in [0.3, 0.4) is 0 Å². The summed E-state index contributed by atoms with van der Waals surface area (Å²) in [6.07, 6.45) is -4.30. The second-order valence-electron chi connectivity index (χ2n) is 6.39. The van der Waals surface area contributed by atoms with E-state index in [-0.39, 0.29) is 0 Å². The molecule has 1 aromatic carbocycles. The van der Waals surface area contributed by atoms with Crippen molar-refractivity contribution < 1.29 is 22.4 Å². The standard InChI is InChI=1S/C18H22F3N5O2/c1-12-24-16(28-25-12)6-7-23-17(22-2)26-8-9-27-15(11-26)13-4-3-5-14(10-13)18(19,20)21/h3-5,10,15H,6-9,11H2,1-2H3,(H,22,23). The molecular weight excluding hydrogens is 375 g/mol. The van der Waals surface area contributed by atoms with Gasteiger partial charge in [0.15, 0.2) is 11.8 Å². The lowest BCUT2D eigenvalue weighted by molar-refractivity contribution is -0.137. The lowest BCUT2D eigenvalue weighted by atomic mass is 10.0. The van der Waals surface area contributed by atoms with Crippen LogP contribution in [0.15, 0.2) is 33.8 Å². The number of hydrogen-bond acceptors (Lipinski definition) is 5. The summed E-state index contributed by atoms with van der Waals surface area (Å²) < 4.78 is 49.7. The normalized spacial score (nSPS) is 18.4. The van der Waals surface area contributed by atoms with Crippen molar-refractivity contribution in [2.45, 2.75) is 25.6 Å². The Balaban J connectivity index is 1.61. The smallest absolute Gasteiger partial charge is 0.370 e. The van der Waals surface area contributed by atoms with Gasteiger partial charge in [0, 0.05) is 26.6 Å². The number of nitrogens with zero attached hydrogens (tertiary/aromatic N) is 4. The molecule has 1 aliphatic rings. The second-order valence-corrected chi connectivity index (χ2v) is 6.39. The van der Waals surface area contributed by atoms with Crippen molar-refractivity contribution in [2.75, 3.05) is 33.3 Å². The predicted molar refractivity (Wildman–Crippen MR) is 95.8 cm³/mol. The van der Waals surface area contributed by atoms with Crippen LogP contribution in [0, 0.1) is 6.92 Å². The number of aliphatic imine (C=N–C) groups is 1. The molecule has 28 heavy (non-hydrogen) atoms. The maximum atomic E-state index is 13.0. The van der Waals surface area contributed by atoms with E-state index < -0.39 is 17.8 Å². The van der Waals surface area contributed by atoms with Crippen molar-refractivity contribution in [3.05, 3.63) is 47.1 Å². The summed E-state index contributed by atoms with van der Waals surface area (Å²) in [5.74, 6) is 1.76. The van der Waals surface area contributed by atoms with Gasteiger partial charge in [-0.1, -0.05) is 17.3 Å². The molecular formula is C18H22F3N5O2. The minimum atomic E-state index is -4.38. The van der Waals surface area contributed by atoms with Gasteiger partial charge in [-0.2, -0.15) is 18.2 Å². The third-order valence-corrected chi connectivity index (χ3v) is 4.36. The highest BCUT2D eigenvalue weighted by Gasteiger charge is 2.32. The molecule has 1 N–H and O–H groups in total. The number of alkyl halides is 3. The number of hydrogen-bond donors (Lipinski definition) is 1. The zero-order valence-electron chi connectivity index (χ0n) is 15.7. The fourth-order valence-electron chi connectivity index (χ4n) is 3.01. The van der Waals surface area contributed by atoms with Crippen molar-refractivity contribution in [1.29, 1.82) is 0 Å². The van der Waals surface area contributed by atoms with Crippen molar-refractivity contribution in [2.24, 2.45) is 4.99 Å². The third kappa shape index (κ3) is 5.00. The molecule has 152 valence electrons. The van der Waals surface area contributed by atoms with Crippen LogP contribution in [-0.2, 0) is 17.3 Å². The monoisotopic (exact) mass is 397 g/mol. The van der Waals surface area contributed by atoms with E-state index in [0.717, 1.165) is 12.1 Å². The molecule has 0 radical (unpaired) electrons. The maximum Gasteiger partial charge on any atom is 0.416 e.